The van der Waals surface area contributed by atoms with Gasteiger partial charge in [-0.25, -0.2) is 9.97 Å². The van der Waals surface area contributed by atoms with Crippen LogP contribution in [0.4, 0.5) is 19.0 Å². The molecule has 28 heavy (non-hydrogen) atoms. The summed E-state index contributed by atoms with van der Waals surface area (Å²) in [6.45, 7) is 2.49. The molecule has 3 aromatic rings. The normalized spacial score (nSPS) is 15.9. The standard InChI is InChI=1S/C20H21F3N4O/c1-14-24-9-5-19(25-14)26-10-6-15(7-11-26)28-18-4-2-3-17-16(18)8-12-27(17)13-20(21,22)23/h2-5,8-9,12,15H,6-7,10-11,13H2,1H3. The maximum Gasteiger partial charge on any atom is 0.406 e. The van der Waals surface area contributed by atoms with Gasteiger partial charge in [-0.3, -0.25) is 0 Å². The third kappa shape index (κ3) is 4.05. The molecule has 0 amide bonds. The average molecular weight is 390 g/mol. The number of fused-ring (bicyclic) bond motifs is 1. The molecule has 8 heteroatoms. The second-order valence-corrected chi connectivity index (χ2v) is 7.01. The van der Waals surface area contributed by atoms with Crippen molar-refractivity contribution in [3.8, 4) is 5.75 Å². The Labute approximate surface area is 160 Å². The van der Waals surface area contributed by atoms with Gasteiger partial charge in [0, 0.05) is 43.7 Å². The Balaban J connectivity index is 1.45. The minimum Gasteiger partial charge on any atom is -0.490 e. The first-order valence-corrected chi connectivity index (χ1v) is 9.25. The zero-order valence-electron chi connectivity index (χ0n) is 15.5. The van der Waals surface area contributed by atoms with Crippen molar-refractivity contribution in [3.63, 3.8) is 0 Å². The van der Waals surface area contributed by atoms with Crippen molar-refractivity contribution in [3.05, 3.63) is 48.5 Å². The number of ether oxygens (including phenoxy) is 1. The fourth-order valence-electron chi connectivity index (χ4n) is 3.63. The second kappa shape index (κ2) is 7.33. The molecule has 1 aliphatic heterocycles. The van der Waals surface area contributed by atoms with E-state index < -0.39 is 12.7 Å². The van der Waals surface area contributed by atoms with E-state index in [0.717, 1.165) is 37.6 Å². The number of halogens is 3. The number of nitrogens with zero attached hydrogens (tertiary/aromatic N) is 4. The molecule has 1 fully saturated rings. The summed E-state index contributed by atoms with van der Waals surface area (Å²) in [5.41, 5.74) is 0.531. The lowest BCUT2D eigenvalue weighted by Gasteiger charge is -2.33. The van der Waals surface area contributed by atoms with Crippen LogP contribution in [0.5, 0.6) is 5.75 Å². The number of alkyl halides is 3. The van der Waals surface area contributed by atoms with Gasteiger partial charge in [-0.2, -0.15) is 13.2 Å². The van der Waals surface area contributed by atoms with E-state index in [1.165, 1.54) is 10.8 Å². The number of aromatic nitrogens is 3. The van der Waals surface area contributed by atoms with Crippen molar-refractivity contribution in [2.45, 2.75) is 38.6 Å². The third-order valence-electron chi connectivity index (χ3n) is 4.94. The molecule has 0 radical (unpaired) electrons. The molecule has 0 saturated carbocycles. The summed E-state index contributed by atoms with van der Waals surface area (Å²) in [6.07, 6.45) is 0.633. The Kier molecular flexibility index (Phi) is 4.87. The van der Waals surface area contributed by atoms with Crippen LogP contribution < -0.4 is 9.64 Å². The summed E-state index contributed by atoms with van der Waals surface area (Å²) in [4.78, 5) is 10.8. The van der Waals surface area contributed by atoms with Crippen LogP contribution in [0.15, 0.2) is 42.7 Å². The van der Waals surface area contributed by atoms with Gasteiger partial charge in [0.15, 0.2) is 0 Å². The molecule has 1 saturated heterocycles. The maximum atomic E-state index is 12.8. The molecule has 3 heterocycles. The summed E-state index contributed by atoms with van der Waals surface area (Å²) in [5.74, 6) is 2.29. The topological polar surface area (TPSA) is 43.2 Å². The summed E-state index contributed by atoms with van der Waals surface area (Å²) in [5, 5.41) is 0.709. The summed E-state index contributed by atoms with van der Waals surface area (Å²) in [6, 6.07) is 8.84. The Hall–Kier alpha value is -2.77. The van der Waals surface area contributed by atoms with E-state index in [-0.39, 0.29) is 6.10 Å². The first-order chi connectivity index (χ1) is 13.4. The second-order valence-electron chi connectivity index (χ2n) is 7.01. The Morgan fingerprint density at radius 3 is 2.64 bits per heavy atom. The van der Waals surface area contributed by atoms with Crippen molar-refractivity contribution >= 4 is 16.7 Å². The van der Waals surface area contributed by atoms with E-state index in [1.807, 2.05) is 19.1 Å². The molecule has 4 rings (SSSR count). The summed E-state index contributed by atoms with van der Waals surface area (Å²) < 4.78 is 45.6. The fraction of sp³-hybridized carbons (Fsp3) is 0.400. The minimum absolute atomic E-state index is 0.0238. The third-order valence-corrected chi connectivity index (χ3v) is 4.94. The number of anilines is 1. The van der Waals surface area contributed by atoms with Crippen LogP contribution in [0.2, 0.25) is 0 Å². The van der Waals surface area contributed by atoms with Crippen molar-refractivity contribution in [2.24, 2.45) is 0 Å². The summed E-state index contributed by atoms with van der Waals surface area (Å²) in [7, 11) is 0. The number of hydrogen-bond donors (Lipinski definition) is 0. The van der Waals surface area contributed by atoms with Crippen molar-refractivity contribution < 1.29 is 17.9 Å². The van der Waals surface area contributed by atoms with Gasteiger partial charge in [-0.1, -0.05) is 6.07 Å². The summed E-state index contributed by atoms with van der Waals surface area (Å²) >= 11 is 0. The monoisotopic (exact) mass is 390 g/mol. The van der Waals surface area contributed by atoms with Gasteiger partial charge in [0.1, 0.15) is 30.0 Å². The van der Waals surface area contributed by atoms with Crippen molar-refractivity contribution in [1.29, 1.82) is 0 Å². The number of hydrogen-bond acceptors (Lipinski definition) is 4. The van der Waals surface area contributed by atoms with E-state index in [1.54, 1.807) is 24.4 Å². The van der Waals surface area contributed by atoms with E-state index in [9.17, 15) is 13.2 Å². The molecule has 2 aromatic heterocycles. The lowest BCUT2D eigenvalue weighted by Crippen LogP contribution is -2.38. The molecule has 1 aliphatic rings. The van der Waals surface area contributed by atoms with Gasteiger partial charge < -0.3 is 14.2 Å². The molecule has 148 valence electrons. The van der Waals surface area contributed by atoms with Gasteiger partial charge in [0.25, 0.3) is 0 Å². The van der Waals surface area contributed by atoms with E-state index in [0.29, 0.717) is 16.7 Å². The minimum atomic E-state index is -4.25. The molecule has 0 unspecified atom stereocenters. The molecule has 5 nitrogen and oxygen atoms in total. The zero-order chi connectivity index (χ0) is 19.7. The number of aryl methyl sites for hydroxylation is 1. The van der Waals surface area contributed by atoms with Gasteiger partial charge in [0.05, 0.1) is 5.52 Å². The van der Waals surface area contributed by atoms with Crippen molar-refractivity contribution in [1.82, 2.24) is 14.5 Å². The number of benzene rings is 1. The predicted molar refractivity (Wildman–Crippen MR) is 101 cm³/mol. The number of piperidine rings is 1. The van der Waals surface area contributed by atoms with Gasteiger partial charge >= 0.3 is 6.18 Å². The Bertz CT molecular complexity index is 961. The average Bonchev–Trinajstić information content (AvgIpc) is 3.05. The fourth-order valence-corrected chi connectivity index (χ4v) is 3.63. The van der Waals surface area contributed by atoms with E-state index >= 15 is 0 Å². The maximum absolute atomic E-state index is 12.8. The van der Waals surface area contributed by atoms with Gasteiger partial charge in [0.2, 0.25) is 0 Å². The van der Waals surface area contributed by atoms with E-state index in [4.69, 9.17) is 4.74 Å². The molecule has 0 spiro atoms. The molecule has 0 atom stereocenters. The van der Waals surface area contributed by atoms with Crippen LogP contribution >= 0.6 is 0 Å². The lowest BCUT2D eigenvalue weighted by atomic mass is 10.1. The molecule has 0 N–H and O–H groups in total. The first kappa shape index (κ1) is 18.6. The smallest absolute Gasteiger partial charge is 0.406 e. The molecular weight excluding hydrogens is 369 g/mol. The Morgan fingerprint density at radius 1 is 1.14 bits per heavy atom. The highest BCUT2D eigenvalue weighted by Gasteiger charge is 2.29. The lowest BCUT2D eigenvalue weighted by molar-refractivity contribution is -0.139. The molecule has 1 aromatic carbocycles. The SMILES string of the molecule is Cc1nccc(N2CCC(Oc3cccc4c3ccn4CC(F)(F)F)CC2)n1. The number of rotatable bonds is 4. The van der Waals surface area contributed by atoms with Crippen LogP contribution in [0.25, 0.3) is 10.9 Å². The highest BCUT2D eigenvalue weighted by atomic mass is 19.4. The zero-order valence-corrected chi connectivity index (χ0v) is 15.5. The van der Waals surface area contributed by atoms with Crippen LogP contribution in [0, 0.1) is 6.92 Å². The van der Waals surface area contributed by atoms with Gasteiger partial charge in [-0.05, 0) is 31.2 Å². The molecule has 0 aliphatic carbocycles. The largest absolute Gasteiger partial charge is 0.490 e. The highest BCUT2D eigenvalue weighted by molar-refractivity contribution is 5.86. The Morgan fingerprint density at radius 2 is 1.93 bits per heavy atom. The van der Waals surface area contributed by atoms with E-state index in [2.05, 4.69) is 14.9 Å². The quantitative estimate of drug-likeness (QED) is 0.664. The molecular formula is C20H21F3N4O. The molecule has 0 bridgehead atoms. The van der Waals surface area contributed by atoms with Crippen LogP contribution in [-0.4, -0.2) is 39.9 Å². The first-order valence-electron chi connectivity index (χ1n) is 9.25. The van der Waals surface area contributed by atoms with Gasteiger partial charge in [-0.15, -0.1) is 0 Å². The predicted octanol–water partition coefficient (Wildman–Crippen LogP) is 4.35. The highest BCUT2D eigenvalue weighted by Crippen LogP contribution is 2.31. The van der Waals surface area contributed by atoms with Crippen LogP contribution in [-0.2, 0) is 6.54 Å². The van der Waals surface area contributed by atoms with Crippen LogP contribution in [0.3, 0.4) is 0 Å². The van der Waals surface area contributed by atoms with Crippen molar-refractivity contribution in [2.75, 3.05) is 18.0 Å². The van der Waals surface area contributed by atoms with Crippen LogP contribution in [0.1, 0.15) is 18.7 Å².